The summed E-state index contributed by atoms with van der Waals surface area (Å²) in [6, 6.07) is 23.2. The largest absolute Gasteiger partial charge is 0.348 e. The van der Waals surface area contributed by atoms with Crippen molar-refractivity contribution in [1.82, 2.24) is 10.3 Å². The number of para-hydroxylation sites is 2. The highest BCUT2D eigenvalue weighted by atomic mass is 32.2. The van der Waals surface area contributed by atoms with E-state index in [0.717, 1.165) is 15.4 Å². The molecule has 0 unspecified atom stereocenters. The van der Waals surface area contributed by atoms with Crippen LogP contribution in [0.2, 0.25) is 0 Å². The fourth-order valence-electron chi connectivity index (χ4n) is 3.70. The Bertz CT molecular complexity index is 1520. The second kappa shape index (κ2) is 11.0. The zero-order valence-corrected chi connectivity index (χ0v) is 21.2. The zero-order valence-electron chi connectivity index (χ0n) is 20.4. The Balaban J connectivity index is 1.57. The van der Waals surface area contributed by atoms with Gasteiger partial charge in [0.2, 0.25) is 0 Å². The summed E-state index contributed by atoms with van der Waals surface area (Å²) in [5.41, 5.74) is 2.70. The SMILES string of the molecule is Cc1ccc(S(=O)(=O)N(C)c2ccccc2C(=O)Nc2ccccc2C(=O)NCc2cccnc2)cc1. The van der Waals surface area contributed by atoms with E-state index in [9.17, 15) is 18.0 Å². The molecular weight excluding hydrogens is 488 g/mol. The highest BCUT2D eigenvalue weighted by molar-refractivity contribution is 7.92. The molecule has 0 fully saturated rings. The van der Waals surface area contributed by atoms with Crippen LogP contribution in [0, 0.1) is 6.92 Å². The molecule has 0 bridgehead atoms. The predicted octanol–water partition coefficient (Wildman–Crippen LogP) is 4.40. The number of aromatic nitrogens is 1. The summed E-state index contributed by atoms with van der Waals surface area (Å²) >= 11 is 0. The van der Waals surface area contributed by atoms with Gasteiger partial charge in [0.25, 0.3) is 21.8 Å². The summed E-state index contributed by atoms with van der Waals surface area (Å²) in [5, 5.41) is 5.59. The van der Waals surface area contributed by atoms with Crippen molar-refractivity contribution >= 4 is 33.2 Å². The highest BCUT2D eigenvalue weighted by Crippen LogP contribution is 2.27. The lowest BCUT2D eigenvalue weighted by Crippen LogP contribution is -2.29. The summed E-state index contributed by atoms with van der Waals surface area (Å²) in [5.74, 6) is -0.916. The van der Waals surface area contributed by atoms with Gasteiger partial charge in [-0.3, -0.25) is 18.9 Å². The summed E-state index contributed by atoms with van der Waals surface area (Å²) < 4.78 is 27.6. The Hall–Kier alpha value is -4.50. The van der Waals surface area contributed by atoms with Gasteiger partial charge in [-0.25, -0.2) is 8.42 Å². The Morgan fingerprint density at radius 1 is 0.838 bits per heavy atom. The number of carbonyl (C=O) groups is 2. The molecular formula is C28H26N4O4S. The van der Waals surface area contributed by atoms with E-state index in [1.54, 1.807) is 73.1 Å². The van der Waals surface area contributed by atoms with Gasteiger partial charge in [-0.15, -0.1) is 0 Å². The minimum absolute atomic E-state index is 0.117. The molecule has 2 amide bonds. The van der Waals surface area contributed by atoms with Crippen molar-refractivity contribution in [3.63, 3.8) is 0 Å². The third-order valence-electron chi connectivity index (χ3n) is 5.76. The number of sulfonamides is 1. The number of nitrogens with one attached hydrogen (secondary N) is 2. The number of aryl methyl sites for hydroxylation is 1. The lowest BCUT2D eigenvalue weighted by Gasteiger charge is -2.22. The Morgan fingerprint density at radius 2 is 1.51 bits per heavy atom. The number of anilines is 2. The van der Waals surface area contributed by atoms with Gasteiger partial charge in [-0.05, 0) is 55.0 Å². The molecule has 8 nitrogen and oxygen atoms in total. The summed E-state index contributed by atoms with van der Waals surface area (Å²) in [6.07, 6.45) is 3.31. The van der Waals surface area contributed by atoms with E-state index in [-0.39, 0.29) is 34.2 Å². The van der Waals surface area contributed by atoms with E-state index in [4.69, 9.17) is 0 Å². The molecule has 4 rings (SSSR count). The van der Waals surface area contributed by atoms with E-state index >= 15 is 0 Å². The van der Waals surface area contributed by atoms with Crippen LogP contribution in [-0.4, -0.2) is 32.3 Å². The molecule has 2 N–H and O–H groups in total. The number of rotatable bonds is 8. The predicted molar refractivity (Wildman–Crippen MR) is 143 cm³/mol. The number of hydrogen-bond acceptors (Lipinski definition) is 5. The molecule has 9 heteroatoms. The second-order valence-corrected chi connectivity index (χ2v) is 10.3. The minimum Gasteiger partial charge on any atom is -0.348 e. The number of pyridine rings is 1. The van der Waals surface area contributed by atoms with E-state index in [1.165, 1.54) is 25.2 Å². The van der Waals surface area contributed by atoms with Crippen LogP contribution in [0.5, 0.6) is 0 Å². The molecule has 0 radical (unpaired) electrons. The third-order valence-corrected chi connectivity index (χ3v) is 7.55. The molecule has 0 spiro atoms. The molecule has 0 saturated carbocycles. The smallest absolute Gasteiger partial charge is 0.264 e. The summed E-state index contributed by atoms with van der Waals surface area (Å²) in [6.45, 7) is 2.15. The van der Waals surface area contributed by atoms with Crippen molar-refractivity contribution in [2.45, 2.75) is 18.4 Å². The fourth-order valence-corrected chi connectivity index (χ4v) is 4.91. The van der Waals surface area contributed by atoms with Crippen LogP contribution in [0.15, 0.2) is 102 Å². The van der Waals surface area contributed by atoms with Crippen LogP contribution in [0.3, 0.4) is 0 Å². The van der Waals surface area contributed by atoms with Crippen LogP contribution in [-0.2, 0) is 16.6 Å². The first-order valence-electron chi connectivity index (χ1n) is 11.5. The lowest BCUT2D eigenvalue weighted by atomic mass is 10.1. The number of amides is 2. The Kier molecular flexibility index (Phi) is 7.64. The van der Waals surface area contributed by atoms with E-state index in [2.05, 4.69) is 15.6 Å². The molecule has 3 aromatic carbocycles. The lowest BCUT2D eigenvalue weighted by molar-refractivity contribution is 0.0951. The van der Waals surface area contributed by atoms with Crippen LogP contribution >= 0.6 is 0 Å². The van der Waals surface area contributed by atoms with Crippen molar-refractivity contribution in [1.29, 1.82) is 0 Å². The van der Waals surface area contributed by atoms with Crippen LogP contribution in [0.4, 0.5) is 11.4 Å². The normalized spacial score (nSPS) is 11.0. The average molecular weight is 515 g/mol. The van der Waals surface area contributed by atoms with Gasteiger partial charge in [0.15, 0.2) is 0 Å². The van der Waals surface area contributed by atoms with Gasteiger partial charge >= 0.3 is 0 Å². The van der Waals surface area contributed by atoms with Crippen molar-refractivity contribution in [2.24, 2.45) is 0 Å². The first kappa shape index (κ1) is 25.6. The van der Waals surface area contributed by atoms with Gasteiger partial charge in [0, 0.05) is 26.0 Å². The third kappa shape index (κ3) is 5.84. The van der Waals surface area contributed by atoms with Gasteiger partial charge in [-0.2, -0.15) is 0 Å². The van der Waals surface area contributed by atoms with Crippen molar-refractivity contribution in [3.8, 4) is 0 Å². The number of hydrogen-bond donors (Lipinski definition) is 2. The maximum atomic E-state index is 13.3. The molecule has 0 atom stereocenters. The Morgan fingerprint density at radius 3 is 2.22 bits per heavy atom. The van der Waals surface area contributed by atoms with Crippen molar-refractivity contribution < 1.29 is 18.0 Å². The molecule has 0 aliphatic heterocycles. The van der Waals surface area contributed by atoms with Gasteiger partial charge < -0.3 is 10.6 Å². The molecule has 1 aromatic heterocycles. The molecule has 0 saturated heterocycles. The maximum absolute atomic E-state index is 13.3. The highest BCUT2D eigenvalue weighted by Gasteiger charge is 2.25. The number of nitrogens with zero attached hydrogens (tertiary/aromatic N) is 2. The molecule has 4 aromatic rings. The number of benzene rings is 3. The zero-order chi connectivity index (χ0) is 26.4. The van der Waals surface area contributed by atoms with E-state index < -0.39 is 15.9 Å². The van der Waals surface area contributed by atoms with Crippen molar-refractivity contribution in [3.05, 3.63) is 120 Å². The van der Waals surface area contributed by atoms with Gasteiger partial charge in [0.05, 0.1) is 27.4 Å². The molecule has 0 aliphatic carbocycles. The summed E-state index contributed by atoms with van der Waals surface area (Å²) in [7, 11) is -2.50. The van der Waals surface area contributed by atoms with Crippen LogP contribution in [0.25, 0.3) is 0 Å². The molecule has 37 heavy (non-hydrogen) atoms. The van der Waals surface area contributed by atoms with Crippen LogP contribution in [0.1, 0.15) is 31.8 Å². The maximum Gasteiger partial charge on any atom is 0.264 e. The molecule has 1 heterocycles. The van der Waals surface area contributed by atoms with Crippen LogP contribution < -0.4 is 14.9 Å². The first-order valence-corrected chi connectivity index (χ1v) is 12.9. The standard InChI is InChI=1S/C28H26N4O4S/c1-20-13-15-22(16-14-20)37(35,36)32(2)26-12-6-4-10-24(26)28(34)31-25-11-5-3-9-23(25)27(33)30-19-21-8-7-17-29-18-21/h3-18H,19H2,1-2H3,(H,30,33)(H,31,34). The second-order valence-electron chi connectivity index (χ2n) is 8.35. The molecule has 188 valence electrons. The van der Waals surface area contributed by atoms with E-state index in [1.807, 2.05) is 13.0 Å². The number of carbonyl (C=O) groups excluding carboxylic acids is 2. The summed E-state index contributed by atoms with van der Waals surface area (Å²) in [4.78, 5) is 30.4. The monoisotopic (exact) mass is 514 g/mol. The minimum atomic E-state index is -3.91. The van der Waals surface area contributed by atoms with Gasteiger partial charge in [-0.1, -0.05) is 48.0 Å². The Labute approximate surface area is 216 Å². The quantitative estimate of drug-likeness (QED) is 0.362. The molecule has 0 aliphatic rings. The van der Waals surface area contributed by atoms with E-state index in [0.29, 0.717) is 5.69 Å². The van der Waals surface area contributed by atoms with Gasteiger partial charge in [0.1, 0.15) is 0 Å². The fraction of sp³-hybridized carbons (Fsp3) is 0.107. The van der Waals surface area contributed by atoms with Crippen molar-refractivity contribution in [2.75, 3.05) is 16.7 Å². The topological polar surface area (TPSA) is 108 Å². The average Bonchev–Trinajstić information content (AvgIpc) is 2.92. The first-order chi connectivity index (χ1) is 17.8.